The maximum atomic E-state index is 4.39. The number of hydrogen-bond acceptors (Lipinski definition) is 5. The first-order valence-electron chi connectivity index (χ1n) is 4.87. The Morgan fingerprint density at radius 1 is 1.38 bits per heavy atom. The molecule has 0 saturated carbocycles. The lowest BCUT2D eigenvalue weighted by atomic mass is 10.5. The molecule has 0 aromatic carbocycles. The Hall–Kier alpha value is -1.56. The normalized spacial score (nSPS) is 10.4. The van der Waals surface area contributed by atoms with E-state index in [0.29, 0.717) is 0 Å². The van der Waals surface area contributed by atoms with Crippen LogP contribution in [0.25, 0.3) is 0 Å². The van der Waals surface area contributed by atoms with Crippen molar-refractivity contribution in [3.05, 3.63) is 24.2 Å². The van der Waals surface area contributed by atoms with Gasteiger partial charge in [0.2, 0.25) is 0 Å². The van der Waals surface area contributed by atoms with Crippen molar-refractivity contribution in [3.63, 3.8) is 0 Å². The highest BCUT2D eigenvalue weighted by molar-refractivity contribution is 7.99. The van der Waals surface area contributed by atoms with Gasteiger partial charge in [-0.25, -0.2) is 4.98 Å². The van der Waals surface area contributed by atoms with E-state index in [2.05, 4.69) is 20.4 Å². The molecule has 0 radical (unpaired) electrons. The molecule has 0 unspecified atom stereocenters. The number of nitrogens with zero attached hydrogens (tertiary/aromatic N) is 4. The monoisotopic (exact) mass is 235 g/mol. The van der Waals surface area contributed by atoms with Crippen LogP contribution in [0, 0.1) is 6.92 Å². The summed E-state index contributed by atoms with van der Waals surface area (Å²) in [5.74, 6) is 0.767. The Labute approximate surface area is 98.3 Å². The summed E-state index contributed by atoms with van der Waals surface area (Å²) in [6.45, 7) is 1.97. The predicted molar refractivity (Wildman–Crippen MR) is 63.6 cm³/mol. The highest BCUT2D eigenvalue weighted by Crippen LogP contribution is 2.26. The van der Waals surface area contributed by atoms with Gasteiger partial charge in [0.25, 0.3) is 0 Å². The minimum atomic E-state index is 0.767. The molecule has 2 heterocycles. The van der Waals surface area contributed by atoms with Gasteiger partial charge in [-0.1, -0.05) is 0 Å². The number of anilines is 1. The second kappa shape index (κ2) is 4.52. The fraction of sp³-hybridized carbons (Fsp3) is 0.300. The Kier molecular flexibility index (Phi) is 3.09. The first kappa shape index (κ1) is 10.9. The van der Waals surface area contributed by atoms with Crippen LogP contribution in [0.3, 0.4) is 0 Å². The molecule has 2 rings (SSSR count). The lowest BCUT2D eigenvalue weighted by Gasteiger charge is -2.02. The molecule has 84 valence electrons. The molecular weight excluding hydrogens is 222 g/mol. The molecule has 16 heavy (non-hydrogen) atoms. The third kappa shape index (κ3) is 2.33. The maximum absolute atomic E-state index is 4.39. The molecule has 0 saturated heterocycles. The highest BCUT2D eigenvalue weighted by atomic mass is 32.2. The van der Waals surface area contributed by atoms with Crippen molar-refractivity contribution in [2.45, 2.75) is 17.0 Å². The topological polar surface area (TPSA) is 55.6 Å². The summed E-state index contributed by atoms with van der Waals surface area (Å²) in [5.41, 5.74) is 1.00. The van der Waals surface area contributed by atoms with Gasteiger partial charge in [0.1, 0.15) is 15.9 Å². The fourth-order valence-corrected chi connectivity index (χ4v) is 2.18. The zero-order valence-corrected chi connectivity index (χ0v) is 10.2. The first-order chi connectivity index (χ1) is 7.69. The van der Waals surface area contributed by atoms with Crippen molar-refractivity contribution in [2.75, 3.05) is 12.4 Å². The van der Waals surface area contributed by atoms with Crippen LogP contribution in [0.5, 0.6) is 0 Å². The fourth-order valence-electron chi connectivity index (χ4n) is 1.31. The summed E-state index contributed by atoms with van der Waals surface area (Å²) in [4.78, 5) is 8.50. The van der Waals surface area contributed by atoms with Gasteiger partial charge < -0.3 is 5.32 Å². The van der Waals surface area contributed by atoms with Crippen LogP contribution in [0.15, 0.2) is 28.5 Å². The molecule has 0 bridgehead atoms. The standard InChI is InChI=1S/C10H13N5S/c1-7-4-10(15(3)14-7)16-9-6-12-5-8(11-2)13-9/h4-6H,1-3H3,(H,11,13). The number of hydrogen-bond donors (Lipinski definition) is 1. The molecule has 0 spiro atoms. The summed E-state index contributed by atoms with van der Waals surface area (Å²) >= 11 is 1.55. The van der Waals surface area contributed by atoms with E-state index in [1.165, 1.54) is 0 Å². The van der Waals surface area contributed by atoms with Crippen molar-refractivity contribution in [1.82, 2.24) is 19.7 Å². The second-order valence-corrected chi connectivity index (χ2v) is 4.38. The van der Waals surface area contributed by atoms with Crippen molar-refractivity contribution in [2.24, 2.45) is 7.05 Å². The lowest BCUT2D eigenvalue weighted by Crippen LogP contribution is -1.96. The van der Waals surface area contributed by atoms with Gasteiger partial charge >= 0.3 is 0 Å². The third-order valence-corrected chi connectivity index (χ3v) is 3.03. The number of aryl methyl sites for hydroxylation is 2. The van der Waals surface area contributed by atoms with Gasteiger partial charge in [0, 0.05) is 14.1 Å². The molecule has 2 aromatic heterocycles. The molecular formula is C10H13N5S. The van der Waals surface area contributed by atoms with Crippen LogP contribution in [-0.4, -0.2) is 26.8 Å². The molecule has 0 aliphatic rings. The Morgan fingerprint density at radius 3 is 2.81 bits per heavy atom. The molecule has 0 aliphatic carbocycles. The first-order valence-corrected chi connectivity index (χ1v) is 5.69. The molecule has 6 heteroatoms. The van der Waals surface area contributed by atoms with Crippen molar-refractivity contribution in [3.8, 4) is 0 Å². The molecule has 5 nitrogen and oxygen atoms in total. The number of aromatic nitrogens is 4. The lowest BCUT2D eigenvalue weighted by molar-refractivity contribution is 0.692. The van der Waals surface area contributed by atoms with Crippen LogP contribution < -0.4 is 5.32 Å². The molecule has 2 aromatic rings. The van der Waals surface area contributed by atoms with Crippen LogP contribution in [0.2, 0.25) is 0 Å². The highest BCUT2D eigenvalue weighted by Gasteiger charge is 2.06. The van der Waals surface area contributed by atoms with E-state index >= 15 is 0 Å². The van der Waals surface area contributed by atoms with Crippen molar-refractivity contribution in [1.29, 1.82) is 0 Å². The zero-order chi connectivity index (χ0) is 11.5. The Bertz CT molecular complexity index is 494. The predicted octanol–water partition coefficient (Wildman–Crippen LogP) is 1.71. The van der Waals surface area contributed by atoms with E-state index in [9.17, 15) is 0 Å². The summed E-state index contributed by atoms with van der Waals surface area (Å²) in [5, 5.41) is 9.16. The van der Waals surface area contributed by atoms with E-state index < -0.39 is 0 Å². The summed E-state index contributed by atoms with van der Waals surface area (Å²) in [7, 11) is 3.75. The van der Waals surface area contributed by atoms with E-state index in [1.54, 1.807) is 24.2 Å². The maximum Gasteiger partial charge on any atom is 0.145 e. The van der Waals surface area contributed by atoms with Crippen molar-refractivity contribution >= 4 is 17.6 Å². The van der Waals surface area contributed by atoms with Gasteiger partial charge in [-0.2, -0.15) is 5.10 Å². The van der Waals surface area contributed by atoms with Gasteiger partial charge in [-0.05, 0) is 24.8 Å². The van der Waals surface area contributed by atoms with Crippen LogP contribution in [-0.2, 0) is 7.05 Å². The van der Waals surface area contributed by atoms with E-state index in [0.717, 1.165) is 21.6 Å². The number of nitrogens with one attached hydrogen (secondary N) is 1. The second-order valence-electron chi connectivity index (χ2n) is 3.34. The zero-order valence-electron chi connectivity index (χ0n) is 9.43. The number of rotatable bonds is 3. The molecule has 1 N–H and O–H groups in total. The summed E-state index contributed by atoms with van der Waals surface area (Å²) < 4.78 is 1.84. The molecule has 0 fully saturated rings. The van der Waals surface area contributed by atoms with Crippen LogP contribution in [0.4, 0.5) is 5.82 Å². The SMILES string of the molecule is CNc1cncc(Sc2cc(C)nn2C)n1. The Morgan fingerprint density at radius 2 is 2.19 bits per heavy atom. The van der Waals surface area contributed by atoms with Crippen molar-refractivity contribution < 1.29 is 0 Å². The van der Waals surface area contributed by atoms with E-state index in [1.807, 2.05) is 31.8 Å². The quantitative estimate of drug-likeness (QED) is 0.877. The third-order valence-electron chi connectivity index (χ3n) is 2.04. The molecule has 0 aliphatic heterocycles. The van der Waals surface area contributed by atoms with Crippen LogP contribution >= 0.6 is 11.8 Å². The van der Waals surface area contributed by atoms with Gasteiger partial charge in [-0.15, -0.1) is 0 Å². The van der Waals surface area contributed by atoms with Gasteiger partial charge in [0.05, 0.1) is 18.1 Å². The van der Waals surface area contributed by atoms with Crippen LogP contribution in [0.1, 0.15) is 5.69 Å². The largest absolute Gasteiger partial charge is 0.372 e. The Balaban J connectivity index is 2.23. The average molecular weight is 235 g/mol. The minimum absolute atomic E-state index is 0.767. The molecule has 0 atom stereocenters. The molecule has 0 amide bonds. The van der Waals surface area contributed by atoms with Gasteiger partial charge in [0.15, 0.2) is 0 Å². The summed E-state index contributed by atoms with van der Waals surface area (Å²) in [6, 6.07) is 2.03. The summed E-state index contributed by atoms with van der Waals surface area (Å²) in [6.07, 6.45) is 3.44. The van der Waals surface area contributed by atoms with E-state index in [-0.39, 0.29) is 0 Å². The smallest absolute Gasteiger partial charge is 0.145 e. The average Bonchev–Trinajstić information content (AvgIpc) is 2.58. The van der Waals surface area contributed by atoms with E-state index in [4.69, 9.17) is 0 Å². The minimum Gasteiger partial charge on any atom is -0.372 e. The van der Waals surface area contributed by atoms with Gasteiger partial charge in [-0.3, -0.25) is 9.67 Å².